The molecule has 5 heteroatoms. The van der Waals surface area contributed by atoms with Crippen LogP contribution in [0.15, 0.2) is 36.4 Å². The number of ether oxygens (including phenoxy) is 1. The van der Waals surface area contributed by atoms with Gasteiger partial charge in [-0.25, -0.2) is 4.79 Å². The molecule has 2 N–H and O–H groups in total. The Morgan fingerprint density at radius 1 is 1.17 bits per heavy atom. The van der Waals surface area contributed by atoms with Crippen LogP contribution in [0.4, 0.5) is 0 Å². The maximum absolute atomic E-state index is 11.2. The van der Waals surface area contributed by atoms with Crippen LogP contribution in [0.1, 0.15) is 33.6 Å². The van der Waals surface area contributed by atoms with Crippen molar-refractivity contribution in [2.45, 2.75) is 25.9 Å². The molecular formula is C18H16N2O3. The first-order chi connectivity index (χ1) is 11.2. The number of hydrogen-bond acceptors (Lipinski definition) is 3. The van der Waals surface area contributed by atoms with Crippen molar-refractivity contribution in [3.63, 3.8) is 0 Å². The number of benzene rings is 2. The van der Waals surface area contributed by atoms with Crippen LogP contribution in [0, 0.1) is 0 Å². The highest BCUT2D eigenvalue weighted by Gasteiger charge is 2.14. The number of carbonyl (C=O) groups is 1. The largest absolute Gasteiger partial charge is 0.489 e. The van der Waals surface area contributed by atoms with Crippen LogP contribution in [0.5, 0.6) is 5.75 Å². The van der Waals surface area contributed by atoms with Crippen LogP contribution < -0.4 is 4.74 Å². The maximum atomic E-state index is 11.2. The number of aromatic amines is 1. The average molecular weight is 308 g/mol. The molecule has 1 heterocycles. The molecule has 0 saturated heterocycles. The number of fused-ring (bicyclic) bond motifs is 2. The number of carboxylic acids is 1. The molecule has 0 unspecified atom stereocenters. The van der Waals surface area contributed by atoms with E-state index in [1.165, 1.54) is 24.0 Å². The normalized spacial score (nSPS) is 13.2. The molecule has 1 aromatic heterocycles. The number of aromatic carboxylic acids is 1. The van der Waals surface area contributed by atoms with Gasteiger partial charge in [-0.2, -0.15) is 5.10 Å². The van der Waals surface area contributed by atoms with Crippen molar-refractivity contribution in [3.8, 4) is 5.75 Å². The highest BCUT2D eigenvalue weighted by atomic mass is 16.5. The zero-order chi connectivity index (χ0) is 15.8. The Morgan fingerprint density at radius 2 is 2.04 bits per heavy atom. The topological polar surface area (TPSA) is 75.2 Å². The maximum Gasteiger partial charge on any atom is 0.357 e. The summed E-state index contributed by atoms with van der Waals surface area (Å²) in [6.07, 6.45) is 3.55. The van der Waals surface area contributed by atoms with Crippen molar-refractivity contribution >= 4 is 16.9 Å². The molecule has 0 radical (unpaired) electrons. The van der Waals surface area contributed by atoms with Gasteiger partial charge in [0, 0.05) is 5.39 Å². The van der Waals surface area contributed by atoms with E-state index in [9.17, 15) is 4.79 Å². The monoisotopic (exact) mass is 308 g/mol. The van der Waals surface area contributed by atoms with E-state index in [-0.39, 0.29) is 5.69 Å². The minimum Gasteiger partial charge on any atom is -0.489 e. The van der Waals surface area contributed by atoms with Crippen LogP contribution in [-0.4, -0.2) is 21.3 Å². The van der Waals surface area contributed by atoms with Crippen LogP contribution >= 0.6 is 0 Å². The molecule has 1 aliphatic rings. The summed E-state index contributed by atoms with van der Waals surface area (Å²) >= 11 is 0. The molecule has 2 aromatic carbocycles. The summed E-state index contributed by atoms with van der Waals surface area (Å²) in [6.45, 7) is 0.471. The number of carboxylic acid groups (broad SMARTS) is 1. The molecule has 0 bridgehead atoms. The standard InChI is InChI=1S/C18H16N2O3/c21-18(22)17-15-9-14(6-7-16(15)19-20-17)23-10-11-4-5-12-2-1-3-13(12)8-11/h4-9H,1-3,10H2,(H,19,20)(H,21,22). The summed E-state index contributed by atoms with van der Waals surface area (Å²) in [7, 11) is 0. The SMILES string of the molecule is O=C(O)c1n[nH]c2ccc(OCc3ccc4c(c3)CCC4)cc12. The Balaban J connectivity index is 1.55. The fourth-order valence-electron chi connectivity index (χ4n) is 3.13. The summed E-state index contributed by atoms with van der Waals surface area (Å²) in [6, 6.07) is 11.8. The summed E-state index contributed by atoms with van der Waals surface area (Å²) < 4.78 is 5.83. The molecule has 0 spiro atoms. The number of nitrogens with one attached hydrogen (secondary N) is 1. The number of H-pyrrole nitrogens is 1. The Bertz CT molecular complexity index is 898. The Morgan fingerprint density at radius 3 is 2.91 bits per heavy atom. The second-order valence-electron chi connectivity index (χ2n) is 5.83. The Hall–Kier alpha value is -2.82. The number of aryl methyl sites for hydroxylation is 2. The third-order valence-electron chi connectivity index (χ3n) is 4.31. The molecule has 0 saturated carbocycles. The molecule has 4 rings (SSSR count). The third-order valence-corrected chi connectivity index (χ3v) is 4.31. The molecule has 1 aliphatic carbocycles. The third kappa shape index (κ3) is 2.54. The van der Waals surface area contributed by atoms with Crippen LogP contribution in [0.25, 0.3) is 10.9 Å². The zero-order valence-electron chi connectivity index (χ0n) is 12.5. The molecular weight excluding hydrogens is 292 g/mol. The average Bonchev–Trinajstić information content (AvgIpc) is 3.18. The molecule has 0 amide bonds. The van der Waals surface area contributed by atoms with Crippen LogP contribution in [-0.2, 0) is 19.4 Å². The lowest BCUT2D eigenvalue weighted by Crippen LogP contribution is -1.98. The van der Waals surface area contributed by atoms with Crippen molar-refractivity contribution in [1.82, 2.24) is 10.2 Å². The van der Waals surface area contributed by atoms with Crippen molar-refractivity contribution < 1.29 is 14.6 Å². The minimum atomic E-state index is -1.05. The van der Waals surface area contributed by atoms with Gasteiger partial charge in [0.2, 0.25) is 0 Å². The predicted octanol–water partition coefficient (Wildman–Crippen LogP) is 3.33. The fraction of sp³-hybridized carbons (Fsp3) is 0.222. The predicted molar refractivity (Wildman–Crippen MR) is 85.9 cm³/mol. The molecule has 0 aliphatic heterocycles. The summed E-state index contributed by atoms with van der Waals surface area (Å²) in [5.74, 6) is -0.408. The van der Waals surface area contributed by atoms with E-state index in [1.54, 1.807) is 12.1 Å². The smallest absolute Gasteiger partial charge is 0.357 e. The van der Waals surface area contributed by atoms with Gasteiger partial charge in [0.15, 0.2) is 5.69 Å². The summed E-state index contributed by atoms with van der Waals surface area (Å²) in [5.41, 5.74) is 4.70. The molecule has 0 fully saturated rings. The summed E-state index contributed by atoms with van der Waals surface area (Å²) in [4.78, 5) is 11.2. The zero-order valence-corrected chi connectivity index (χ0v) is 12.5. The van der Waals surface area contributed by atoms with Gasteiger partial charge in [0.25, 0.3) is 0 Å². The van der Waals surface area contributed by atoms with Gasteiger partial charge >= 0.3 is 5.97 Å². The van der Waals surface area contributed by atoms with E-state index < -0.39 is 5.97 Å². The van der Waals surface area contributed by atoms with E-state index >= 15 is 0 Å². The highest BCUT2D eigenvalue weighted by molar-refractivity contribution is 6.01. The number of rotatable bonds is 4. The lowest BCUT2D eigenvalue weighted by atomic mass is 10.1. The van der Waals surface area contributed by atoms with Crippen LogP contribution in [0.2, 0.25) is 0 Å². The molecule has 23 heavy (non-hydrogen) atoms. The van der Waals surface area contributed by atoms with E-state index in [0.717, 1.165) is 12.0 Å². The number of hydrogen-bond donors (Lipinski definition) is 2. The molecule has 116 valence electrons. The van der Waals surface area contributed by atoms with Crippen molar-refractivity contribution in [1.29, 1.82) is 0 Å². The quantitative estimate of drug-likeness (QED) is 0.775. The van der Waals surface area contributed by atoms with Gasteiger partial charge in [-0.3, -0.25) is 5.10 Å². The van der Waals surface area contributed by atoms with Gasteiger partial charge in [0.05, 0.1) is 5.52 Å². The van der Waals surface area contributed by atoms with Gasteiger partial charge < -0.3 is 9.84 Å². The van der Waals surface area contributed by atoms with E-state index in [0.29, 0.717) is 23.3 Å². The van der Waals surface area contributed by atoms with Crippen molar-refractivity contribution in [3.05, 3.63) is 58.8 Å². The molecule has 3 aromatic rings. The van der Waals surface area contributed by atoms with Gasteiger partial charge in [-0.05, 0) is 54.2 Å². The second-order valence-corrected chi connectivity index (χ2v) is 5.83. The van der Waals surface area contributed by atoms with Gasteiger partial charge in [-0.1, -0.05) is 18.2 Å². The Labute approximate surface area is 132 Å². The molecule has 0 atom stereocenters. The first kappa shape index (κ1) is 13.8. The highest BCUT2D eigenvalue weighted by Crippen LogP contribution is 2.25. The number of aromatic nitrogens is 2. The Kier molecular flexibility index (Phi) is 3.26. The lowest BCUT2D eigenvalue weighted by molar-refractivity contribution is 0.0692. The van der Waals surface area contributed by atoms with E-state index in [1.807, 2.05) is 6.07 Å². The number of nitrogens with zero attached hydrogens (tertiary/aromatic N) is 1. The van der Waals surface area contributed by atoms with Crippen LogP contribution in [0.3, 0.4) is 0 Å². The van der Waals surface area contributed by atoms with Crippen molar-refractivity contribution in [2.24, 2.45) is 0 Å². The lowest BCUT2D eigenvalue weighted by Gasteiger charge is -2.08. The molecule has 5 nitrogen and oxygen atoms in total. The van der Waals surface area contributed by atoms with Gasteiger partial charge in [0.1, 0.15) is 12.4 Å². The van der Waals surface area contributed by atoms with Crippen molar-refractivity contribution in [2.75, 3.05) is 0 Å². The first-order valence-corrected chi connectivity index (χ1v) is 7.65. The minimum absolute atomic E-state index is 0.0166. The van der Waals surface area contributed by atoms with Gasteiger partial charge in [-0.15, -0.1) is 0 Å². The van der Waals surface area contributed by atoms with E-state index in [2.05, 4.69) is 28.4 Å². The fourth-order valence-corrected chi connectivity index (χ4v) is 3.13. The second kappa shape index (κ2) is 5.43. The van der Waals surface area contributed by atoms with E-state index in [4.69, 9.17) is 9.84 Å². The first-order valence-electron chi connectivity index (χ1n) is 7.65. The summed E-state index contributed by atoms with van der Waals surface area (Å²) in [5, 5.41) is 16.2.